The Kier molecular flexibility index (Phi) is 1.62. The van der Waals surface area contributed by atoms with Crippen LogP contribution in [0.2, 0.25) is 0 Å². The van der Waals surface area contributed by atoms with Gasteiger partial charge in [0.25, 0.3) is 0 Å². The standard InChI is InChI=1S/C6H7BrN2/c7-5-3-4(8)1-2-6(5)9/h1-3H,8-9H2. The van der Waals surface area contributed by atoms with Crippen LogP contribution >= 0.6 is 15.9 Å². The molecule has 0 aromatic heterocycles. The van der Waals surface area contributed by atoms with Crippen molar-refractivity contribution >= 4 is 27.3 Å². The van der Waals surface area contributed by atoms with Gasteiger partial charge < -0.3 is 11.5 Å². The van der Waals surface area contributed by atoms with Crippen molar-refractivity contribution in [3.63, 3.8) is 0 Å². The second-order valence-electron chi connectivity index (χ2n) is 1.78. The maximum absolute atomic E-state index is 5.49. The third kappa shape index (κ3) is 1.36. The molecule has 0 unspecified atom stereocenters. The highest BCUT2D eigenvalue weighted by molar-refractivity contribution is 9.10. The van der Waals surface area contributed by atoms with Gasteiger partial charge in [-0.05, 0) is 34.1 Å². The molecule has 48 valence electrons. The predicted octanol–water partition coefficient (Wildman–Crippen LogP) is 1.61. The van der Waals surface area contributed by atoms with Gasteiger partial charge in [-0.1, -0.05) is 0 Å². The van der Waals surface area contributed by atoms with Crippen LogP contribution in [0.4, 0.5) is 11.4 Å². The highest BCUT2D eigenvalue weighted by atomic mass is 79.9. The first-order valence-electron chi connectivity index (χ1n) is 2.50. The summed E-state index contributed by atoms with van der Waals surface area (Å²) in [5.74, 6) is 0. The van der Waals surface area contributed by atoms with Crippen LogP contribution in [0.3, 0.4) is 0 Å². The summed E-state index contributed by atoms with van der Waals surface area (Å²) in [7, 11) is 0. The van der Waals surface area contributed by atoms with E-state index in [1.807, 2.05) is 0 Å². The summed E-state index contributed by atoms with van der Waals surface area (Å²) in [4.78, 5) is 0. The SMILES string of the molecule is Nc1ccc(N)c(Br)c1. The van der Waals surface area contributed by atoms with Crippen molar-refractivity contribution in [2.45, 2.75) is 0 Å². The van der Waals surface area contributed by atoms with Crippen LogP contribution in [-0.4, -0.2) is 0 Å². The molecule has 0 spiro atoms. The van der Waals surface area contributed by atoms with Crippen molar-refractivity contribution in [2.75, 3.05) is 11.5 Å². The van der Waals surface area contributed by atoms with Gasteiger partial charge in [-0.3, -0.25) is 0 Å². The Morgan fingerprint density at radius 3 is 2.33 bits per heavy atom. The smallest absolute Gasteiger partial charge is 0.0460 e. The molecule has 0 saturated heterocycles. The summed E-state index contributed by atoms with van der Waals surface area (Å²) in [6.07, 6.45) is 0. The number of anilines is 2. The lowest BCUT2D eigenvalue weighted by molar-refractivity contribution is 1.62. The lowest BCUT2D eigenvalue weighted by Gasteiger charge is -1.96. The summed E-state index contributed by atoms with van der Waals surface area (Å²) < 4.78 is 0.850. The fourth-order valence-corrected chi connectivity index (χ4v) is 0.940. The minimum absolute atomic E-state index is 0.712. The van der Waals surface area contributed by atoms with Gasteiger partial charge >= 0.3 is 0 Å². The Bertz CT molecular complexity index is 222. The average molecular weight is 187 g/mol. The highest BCUT2D eigenvalue weighted by Gasteiger charge is 1.92. The zero-order valence-electron chi connectivity index (χ0n) is 4.76. The number of hydrogen-bond acceptors (Lipinski definition) is 2. The molecule has 4 N–H and O–H groups in total. The molecule has 0 fully saturated rings. The highest BCUT2D eigenvalue weighted by Crippen LogP contribution is 2.20. The van der Waals surface area contributed by atoms with E-state index in [9.17, 15) is 0 Å². The minimum atomic E-state index is 0.712. The molecule has 3 heteroatoms. The fourth-order valence-electron chi connectivity index (χ4n) is 0.543. The Morgan fingerprint density at radius 1 is 1.22 bits per heavy atom. The van der Waals surface area contributed by atoms with E-state index in [-0.39, 0.29) is 0 Å². The van der Waals surface area contributed by atoms with Crippen LogP contribution in [0.15, 0.2) is 22.7 Å². The molecule has 0 radical (unpaired) electrons. The first kappa shape index (κ1) is 6.42. The monoisotopic (exact) mass is 186 g/mol. The van der Waals surface area contributed by atoms with Crippen LogP contribution in [0.25, 0.3) is 0 Å². The van der Waals surface area contributed by atoms with Crippen LogP contribution in [0, 0.1) is 0 Å². The molecular formula is C6H7BrN2. The van der Waals surface area contributed by atoms with Gasteiger partial charge in [-0.2, -0.15) is 0 Å². The van der Waals surface area contributed by atoms with Crippen molar-refractivity contribution in [3.05, 3.63) is 22.7 Å². The molecule has 1 aromatic carbocycles. The zero-order valence-corrected chi connectivity index (χ0v) is 6.35. The topological polar surface area (TPSA) is 52.0 Å². The van der Waals surface area contributed by atoms with Crippen LogP contribution < -0.4 is 11.5 Å². The summed E-state index contributed by atoms with van der Waals surface area (Å²) in [5.41, 5.74) is 12.4. The van der Waals surface area contributed by atoms with Gasteiger partial charge in [0.1, 0.15) is 0 Å². The van der Waals surface area contributed by atoms with Crippen molar-refractivity contribution in [1.82, 2.24) is 0 Å². The molecule has 1 aromatic rings. The van der Waals surface area contributed by atoms with E-state index >= 15 is 0 Å². The largest absolute Gasteiger partial charge is 0.399 e. The van der Waals surface area contributed by atoms with Crippen molar-refractivity contribution < 1.29 is 0 Å². The van der Waals surface area contributed by atoms with E-state index in [0.29, 0.717) is 5.69 Å². The second-order valence-corrected chi connectivity index (χ2v) is 2.64. The maximum Gasteiger partial charge on any atom is 0.0460 e. The molecular weight excluding hydrogens is 180 g/mol. The molecule has 0 aliphatic heterocycles. The first-order valence-corrected chi connectivity index (χ1v) is 3.30. The maximum atomic E-state index is 5.49. The summed E-state index contributed by atoms with van der Waals surface area (Å²) in [5, 5.41) is 0. The van der Waals surface area contributed by atoms with Gasteiger partial charge in [0.15, 0.2) is 0 Å². The third-order valence-electron chi connectivity index (χ3n) is 1.02. The molecule has 2 nitrogen and oxygen atoms in total. The van der Waals surface area contributed by atoms with Crippen LogP contribution in [0.5, 0.6) is 0 Å². The van der Waals surface area contributed by atoms with Crippen LogP contribution in [0.1, 0.15) is 0 Å². The number of benzene rings is 1. The van der Waals surface area contributed by atoms with Gasteiger partial charge in [-0.25, -0.2) is 0 Å². The van der Waals surface area contributed by atoms with E-state index in [1.165, 1.54) is 0 Å². The molecule has 0 atom stereocenters. The summed E-state index contributed by atoms with van der Waals surface area (Å²) in [6.45, 7) is 0. The molecule has 0 amide bonds. The van der Waals surface area contributed by atoms with E-state index in [2.05, 4.69) is 15.9 Å². The van der Waals surface area contributed by atoms with E-state index in [0.717, 1.165) is 10.2 Å². The molecule has 9 heavy (non-hydrogen) atoms. The van der Waals surface area contributed by atoms with E-state index in [1.54, 1.807) is 18.2 Å². The van der Waals surface area contributed by atoms with Gasteiger partial charge in [0.05, 0.1) is 0 Å². The van der Waals surface area contributed by atoms with Gasteiger partial charge in [0.2, 0.25) is 0 Å². The first-order chi connectivity index (χ1) is 4.20. The Balaban J connectivity index is 3.17. The molecule has 0 bridgehead atoms. The molecule has 1 rings (SSSR count). The third-order valence-corrected chi connectivity index (χ3v) is 1.71. The average Bonchev–Trinajstić information content (AvgIpc) is 1.80. The number of nitrogen functional groups attached to an aromatic ring is 2. The number of nitrogens with two attached hydrogens (primary N) is 2. The number of halogens is 1. The van der Waals surface area contributed by atoms with E-state index < -0.39 is 0 Å². The summed E-state index contributed by atoms with van der Waals surface area (Å²) >= 11 is 3.24. The second kappa shape index (κ2) is 2.27. The molecule has 0 heterocycles. The van der Waals surface area contributed by atoms with Crippen molar-refractivity contribution in [1.29, 1.82) is 0 Å². The number of rotatable bonds is 0. The fraction of sp³-hybridized carbons (Fsp3) is 0. The zero-order chi connectivity index (χ0) is 6.85. The quantitative estimate of drug-likeness (QED) is 0.606. The summed E-state index contributed by atoms with van der Waals surface area (Å²) in [6, 6.07) is 5.30. The Morgan fingerprint density at radius 2 is 1.89 bits per heavy atom. The molecule has 0 aliphatic carbocycles. The van der Waals surface area contributed by atoms with Crippen molar-refractivity contribution in [3.8, 4) is 0 Å². The van der Waals surface area contributed by atoms with E-state index in [4.69, 9.17) is 11.5 Å². The predicted molar refractivity (Wildman–Crippen MR) is 43.0 cm³/mol. The molecule has 0 saturated carbocycles. The Labute approximate surface area is 62.0 Å². The van der Waals surface area contributed by atoms with Gasteiger partial charge in [0, 0.05) is 15.8 Å². The van der Waals surface area contributed by atoms with Crippen LogP contribution in [-0.2, 0) is 0 Å². The minimum Gasteiger partial charge on any atom is -0.399 e. The van der Waals surface area contributed by atoms with Gasteiger partial charge in [-0.15, -0.1) is 0 Å². The normalized spacial score (nSPS) is 9.44. The Hall–Kier alpha value is -0.700. The van der Waals surface area contributed by atoms with Crippen molar-refractivity contribution in [2.24, 2.45) is 0 Å². The number of hydrogen-bond donors (Lipinski definition) is 2. The molecule has 0 aliphatic rings. The lowest BCUT2D eigenvalue weighted by Crippen LogP contribution is -1.88. The lowest BCUT2D eigenvalue weighted by atomic mass is 10.3.